The summed E-state index contributed by atoms with van der Waals surface area (Å²) in [6, 6.07) is 4.01. The average molecular weight is 301 g/mol. The van der Waals surface area contributed by atoms with Gasteiger partial charge in [0.2, 0.25) is 0 Å². The van der Waals surface area contributed by atoms with Crippen LogP contribution in [0.25, 0.3) is 10.9 Å². The fourth-order valence-electron chi connectivity index (χ4n) is 2.96. The van der Waals surface area contributed by atoms with E-state index in [2.05, 4.69) is 46.5 Å². The minimum absolute atomic E-state index is 0.371. The monoisotopic (exact) mass is 301 g/mol. The van der Waals surface area contributed by atoms with Gasteiger partial charge in [0.15, 0.2) is 0 Å². The van der Waals surface area contributed by atoms with E-state index >= 15 is 0 Å². The summed E-state index contributed by atoms with van der Waals surface area (Å²) in [4.78, 5) is 3.42. The maximum Gasteiger partial charge on any atom is 0.499 e. The fraction of sp³-hybridized carbons (Fsp3) is 0.529. The second-order valence-electron chi connectivity index (χ2n) is 7.07. The highest BCUT2D eigenvalue weighted by Crippen LogP contribution is 2.38. The first-order valence-corrected chi connectivity index (χ1v) is 7.69. The lowest BCUT2D eigenvalue weighted by Gasteiger charge is -2.32. The molecule has 0 saturated carbocycles. The van der Waals surface area contributed by atoms with Gasteiger partial charge in [-0.25, -0.2) is 0 Å². The largest absolute Gasteiger partial charge is 0.499 e. The molecule has 1 aromatic carbocycles. The zero-order valence-corrected chi connectivity index (χ0v) is 14.5. The number of hydrogen-bond donors (Lipinski definition) is 1. The van der Waals surface area contributed by atoms with Gasteiger partial charge in [-0.05, 0) is 59.2 Å². The van der Waals surface area contributed by atoms with E-state index in [0.717, 1.165) is 27.8 Å². The van der Waals surface area contributed by atoms with E-state index in [-0.39, 0.29) is 11.2 Å². The Morgan fingerprint density at radius 3 is 2.18 bits per heavy atom. The molecule has 4 nitrogen and oxygen atoms in total. The molecule has 2 aromatic rings. The highest BCUT2D eigenvalue weighted by Gasteiger charge is 2.53. The van der Waals surface area contributed by atoms with Crippen molar-refractivity contribution in [2.24, 2.45) is 0 Å². The second kappa shape index (κ2) is 4.77. The Balaban J connectivity index is 2.22. The number of benzene rings is 1. The minimum atomic E-state index is -0.433. The SMILES string of the molecule is COc1ccc2[nH]c(C)c(C)c2c1B1OC(C)(C)C(C)(C)O1. The summed E-state index contributed by atoms with van der Waals surface area (Å²) in [5.74, 6) is 0.799. The predicted molar refractivity (Wildman–Crippen MR) is 90.0 cm³/mol. The summed E-state index contributed by atoms with van der Waals surface area (Å²) < 4.78 is 18.1. The van der Waals surface area contributed by atoms with Crippen LogP contribution in [0.5, 0.6) is 5.75 Å². The molecule has 0 unspecified atom stereocenters. The van der Waals surface area contributed by atoms with E-state index < -0.39 is 7.12 Å². The van der Waals surface area contributed by atoms with E-state index in [1.807, 2.05) is 12.1 Å². The third-order valence-electron chi connectivity index (χ3n) is 5.17. The Kier molecular flexibility index (Phi) is 3.35. The summed E-state index contributed by atoms with van der Waals surface area (Å²) >= 11 is 0. The van der Waals surface area contributed by atoms with Crippen molar-refractivity contribution in [3.63, 3.8) is 0 Å². The molecule has 1 saturated heterocycles. The zero-order valence-electron chi connectivity index (χ0n) is 14.5. The van der Waals surface area contributed by atoms with Crippen LogP contribution < -0.4 is 10.2 Å². The Morgan fingerprint density at radius 2 is 1.64 bits per heavy atom. The standard InChI is InChI=1S/C17H24BNO3/c1-10-11(2)19-12-8-9-13(20-7)15(14(10)12)18-21-16(3,4)17(5,6)22-18/h8-9,19H,1-7H3. The first-order chi connectivity index (χ1) is 10.2. The summed E-state index contributed by atoms with van der Waals surface area (Å²) in [5.41, 5.74) is 3.68. The summed E-state index contributed by atoms with van der Waals surface area (Å²) in [7, 11) is 1.25. The van der Waals surface area contributed by atoms with Gasteiger partial charge in [-0.1, -0.05) is 0 Å². The maximum absolute atomic E-state index is 6.25. The molecule has 1 aliphatic heterocycles. The Morgan fingerprint density at radius 1 is 1.05 bits per heavy atom. The smallest absolute Gasteiger partial charge is 0.497 e. The van der Waals surface area contributed by atoms with Crippen molar-refractivity contribution < 1.29 is 14.0 Å². The number of aryl methyl sites for hydroxylation is 2. The molecule has 0 spiro atoms. The molecule has 2 heterocycles. The topological polar surface area (TPSA) is 43.5 Å². The van der Waals surface area contributed by atoms with Gasteiger partial charge in [0.05, 0.1) is 18.3 Å². The number of aromatic amines is 1. The molecule has 1 N–H and O–H groups in total. The van der Waals surface area contributed by atoms with E-state index in [4.69, 9.17) is 14.0 Å². The van der Waals surface area contributed by atoms with Crippen LogP contribution in [0.3, 0.4) is 0 Å². The quantitative estimate of drug-likeness (QED) is 0.867. The van der Waals surface area contributed by atoms with Crippen LogP contribution in [-0.4, -0.2) is 30.4 Å². The van der Waals surface area contributed by atoms with Crippen molar-refractivity contribution in [3.05, 3.63) is 23.4 Å². The van der Waals surface area contributed by atoms with Gasteiger partial charge in [0.25, 0.3) is 0 Å². The van der Waals surface area contributed by atoms with E-state index in [1.165, 1.54) is 5.56 Å². The number of hydrogen-bond acceptors (Lipinski definition) is 3. The van der Waals surface area contributed by atoms with Gasteiger partial charge in [-0.2, -0.15) is 0 Å². The van der Waals surface area contributed by atoms with Crippen LogP contribution in [0, 0.1) is 13.8 Å². The Bertz CT molecular complexity index is 717. The molecule has 5 heteroatoms. The molecule has 0 radical (unpaired) electrons. The lowest BCUT2D eigenvalue weighted by Crippen LogP contribution is -2.41. The van der Waals surface area contributed by atoms with Crippen LogP contribution in [-0.2, 0) is 9.31 Å². The van der Waals surface area contributed by atoms with Crippen molar-refractivity contribution in [2.75, 3.05) is 7.11 Å². The Labute approximate surface area is 132 Å². The molecule has 0 atom stereocenters. The Hall–Kier alpha value is -1.46. The molecule has 0 bridgehead atoms. The normalized spacial score (nSPS) is 19.9. The van der Waals surface area contributed by atoms with E-state index in [9.17, 15) is 0 Å². The minimum Gasteiger partial charge on any atom is -0.497 e. The van der Waals surface area contributed by atoms with Crippen molar-refractivity contribution in [1.82, 2.24) is 4.98 Å². The van der Waals surface area contributed by atoms with Crippen molar-refractivity contribution in [2.45, 2.75) is 52.7 Å². The number of methoxy groups -OCH3 is 1. The van der Waals surface area contributed by atoms with Gasteiger partial charge >= 0.3 is 7.12 Å². The third-order valence-corrected chi connectivity index (χ3v) is 5.17. The third kappa shape index (κ3) is 2.07. The molecular formula is C17H24BNO3. The molecular weight excluding hydrogens is 277 g/mol. The average Bonchev–Trinajstić information content (AvgIpc) is 2.83. The van der Waals surface area contributed by atoms with E-state index in [1.54, 1.807) is 7.11 Å². The molecule has 118 valence electrons. The highest BCUT2D eigenvalue weighted by atomic mass is 16.7. The molecule has 3 rings (SSSR count). The zero-order chi connectivity index (χ0) is 16.3. The van der Waals surface area contributed by atoms with Gasteiger partial charge in [-0.3, -0.25) is 0 Å². The highest BCUT2D eigenvalue weighted by molar-refractivity contribution is 6.66. The molecule has 22 heavy (non-hydrogen) atoms. The lowest BCUT2D eigenvalue weighted by atomic mass is 9.75. The summed E-state index contributed by atoms with van der Waals surface area (Å²) in [5, 5.41) is 1.13. The predicted octanol–water partition coefficient (Wildman–Crippen LogP) is 3.09. The van der Waals surface area contributed by atoms with Gasteiger partial charge < -0.3 is 19.0 Å². The second-order valence-corrected chi connectivity index (χ2v) is 7.07. The van der Waals surface area contributed by atoms with Gasteiger partial charge in [0.1, 0.15) is 5.75 Å². The lowest BCUT2D eigenvalue weighted by molar-refractivity contribution is 0.00578. The molecule has 1 fully saturated rings. The fourth-order valence-corrected chi connectivity index (χ4v) is 2.96. The van der Waals surface area contributed by atoms with Crippen LogP contribution in [0.2, 0.25) is 0 Å². The van der Waals surface area contributed by atoms with Crippen molar-refractivity contribution >= 4 is 23.5 Å². The number of aromatic nitrogens is 1. The number of ether oxygens (including phenoxy) is 1. The van der Waals surface area contributed by atoms with Crippen molar-refractivity contribution in [3.8, 4) is 5.75 Å². The molecule has 0 aliphatic carbocycles. The van der Waals surface area contributed by atoms with Crippen LogP contribution in [0.1, 0.15) is 39.0 Å². The number of H-pyrrole nitrogens is 1. The summed E-state index contributed by atoms with van der Waals surface area (Å²) in [6.07, 6.45) is 0. The maximum atomic E-state index is 6.25. The molecule has 1 aliphatic rings. The summed E-state index contributed by atoms with van der Waals surface area (Å²) in [6.45, 7) is 12.4. The van der Waals surface area contributed by atoms with Crippen LogP contribution in [0.15, 0.2) is 12.1 Å². The number of rotatable bonds is 2. The van der Waals surface area contributed by atoms with Gasteiger partial charge in [0, 0.05) is 22.1 Å². The number of nitrogens with one attached hydrogen (secondary N) is 1. The molecule has 0 amide bonds. The first kappa shape index (κ1) is 15.4. The van der Waals surface area contributed by atoms with Crippen LogP contribution in [0.4, 0.5) is 0 Å². The van der Waals surface area contributed by atoms with Gasteiger partial charge in [-0.15, -0.1) is 0 Å². The molecule has 1 aromatic heterocycles. The van der Waals surface area contributed by atoms with Crippen molar-refractivity contribution in [1.29, 1.82) is 0 Å². The van der Waals surface area contributed by atoms with E-state index in [0.29, 0.717) is 0 Å². The van der Waals surface area contributed by atoms with Crippen LogP contribution >= 0.6 is 0 Å². The number of fused-ring (bicyclic) bond motifs is 1. The first-order valence-electron chi connectivity index (χ1n) is 7.69.